The molecule has 1 aromatic heterocycles. The molecule has 0 aliphatic carbocycles. The molecule has 0 saturated heterocycles. The normalized spacial score (nSPS) is 11.0. The van der Waals surface area contributed by atoms with Crippen LogP contribution in [0.1, 0.15) is 85.0 Å². The van der Waals surface area contributed by atoms with Gasteiger partial charge >= 0.3 is 5.97 Å². The predicted octanol–water partition coefficient (Wildman–Crippen LogP) is 6.25. The van der Waals surface area contributed by atoms with E-state index in [9.17, 15) is 9.59 Å². The molecule has 166 valence electrons. The smallest absolute Gasteiger partial charge is 0.308 e. The Bertz CT molecular complexity index is 856. The largest absolute Gasteiger partial charge is 0.489 e. The molecule has 5 heteroatoms. The summed E-state index contributed by atoms with van der Waals surface area (Å²) >= 11 is 0. The van der Waals surface area contributed by atoms with Gasteiger partial charge in [-0.15, -0.1) is 0 Å². The van der Waals surface area contributed by atoms with Gasteiger partial charge in [-0.05, 0) is 25.0 Å². The van der Waals surface area contributed by atoms with Crippen molar-refractivity contribution in [1.82, 2.24) is 4.57 Å². The van der Waals surface area contributed by atoms with Crippen LogP contribution < -0.4 is 15.0 Å². The van der Waals surface area contributed by atoms with E-state index in [1.54, 1.807) is 4.57 Å². The fourth-order valence-electron chi connectivity index (χ4n) is 3.70. The zero-order valence-electron chi connectivity index (χ0n) is 18.9. The predicted molar refractivity (Wildman–Crippen MR) is 123 cm³/mol. The lowest BCUT2D eigenvalue weighted by molar-refractivity contribution is -0.132. The minimum Gasteiger partial charge on any atom is -0.489 e. The van der Waals surface area contributed by atoms with Crippen molar-refractivity contribution in [3.05, 3.63) is 34.6 Å². The first-order valence-electron chi connectivity index (χ1n) is 11.6. The standard InChI is InChI=1S/C25H37NO4/c1-4-6-8-10-11-14-18-26-22-17-13-12-16-21(22)23(29-19-15-9-7-5-2)24(25(26)28)30-20(3)27/h12-13,16-17H,4-11,14-15,18-19H2,1-3H3. The minimum absolute atomic E-state index is 0.0164. The number of pyridine rings is 1. The van der Waals surface area contributed by atoms with Crippen LogP contribution in [0.25, 0.3) is 10.9 Å². The summed E-state index contributed by atoms with van der Waals surface area (Å²) in [6, 6.07) is 7.72. The van der Waals surface area contributed by atoms with E-state index in [-0.39, 0.29) is 11.3 Å². The molecule has 0 spiro atoms. The number of aryl methyl sites for hydroxylation is 1. The van der Waals surface area contributed by atoms with Crippen molar-refractivity contribution in [3.63, 3.8) is 0 Å². The summed E-state index contributed by atoms with van der Waals surface area (Å²) in [7, 11) is 0. The van der Waals surface area contributed by atoms with E-state index < -0.39 is 5.97 Å². The number of fused-ring (bicyclic) bond motifs is 1. The summed E-state index contributed by atoms with van der Waals surface area (Å²) in [5.74, 6) is -0.103. The fourth-order valence-corrected chi connectivity index (χ4v) is 3.70. The van der Waals surface area contributed by atoms with Gasteiger partial charge in [-0.2, -0.15) is 0 Å². The molecule has 0 radical (unpaired) electrons. The highest BCUT2D eigenvalue weighted by Crippen LogP contribution is 2.33. The number of unbranched alkanes of at least 4 members (excludes halogenated alkanes) is 8. The van der Waals surface area contributed by atoms with Gasteiger partial charge in [0.05, 0.1) is 12.1 Å². The topological polar surface area (TPSA) is 57.5 Å². The van der Waals surface area contributed by atoms with Crippen molar-refractivity contribution in [3.8, 4) is 11.5 Å². The summed E-state index contributed by atoms with van der Waals surface area (Å²) < 4.78 is 13.1. The van der Waals surface area contributed by atoms with E-state index >= 15 is 0 Å². The molecule has 30 heavy (non-hydrogen) atoms. The van der Waals surface area contributed by atoms with Crippen LogP contribution in [0.5, 0.6) is 11.5 Å². The molecule has 0 amide bonds. The number of rotatable bonds is 14. The quantitative estimate of drug-likeness (QED) is 0.270. The maximum atomic E-state index is 13.2. The highest BCUT2D eigenvalue weighted by Gasteiger charge is 2.20. The molecule has 0 bridgehead atoms. The number of hydrogen-bond donors (Lipinski definition) is 0. The van der Waals surface area contributed by atoms with Crippen molar-refractivity contribution < 1.29 is 14.3 Å². The lowest BCUT2D eigenvalue weighted by Crippen LogP contribution is -2.25. The van der Waals surface area contributed by atoms with Crippen LogP contribution in [0.4, 0.5) is 0 Å². The monoisotopic (exact) mass is 415 g/mol. The number of carbonyl (C=O) groups excluding carboxylic acids is 1. The van der Waals surface area contributed by atoms with Gasteiger partial charge in [0.1, 0.15) is 0 Å². The third kappa shape index (κ3) is 6.89. The van der Waals surface area contributed by atoms with Crippen molar-refractivity contribution in [2.45, 2.75) is 91.5 Å². The molecule has 1 aromatic carbocycles. The first kappa shape index (κ1) is 24.0. The lowest BCUT2D eigenvalue weighted by Gasteiger charge is -2.18. The van der Waals surface area contributed by atoms with Crippen LogP contribution in [0.3, 0.4) is 0 Å². The van der Waals surface area contributed by atoms with Crippen molar-refractivity contribution in [2.24, 2.45) is 0 Å². The van der Waals surface area contributed by atoms with E-state index in [4.69, 9.17) is 9.47 Å². The van der Waals surface area contributed by atoms with Crippen LogP contribution in [-0.2, 0) is 11.3 Å². The Hall–Kier alpha value is -2.30. The molecular formula is C25H37NO4. The second-order valence-corrected chi connectivity index (χ2v) is 7.90. The summed E-state index contributed by atoms with van der Waals surface area (Å²) in [5, 5.41) is 0.815. The van der Waals surface area contributed by atoms with Gasteiger partial charge in [0.15, 0.2) is 5.75 Å². The summed E-state index contributed by atoms with van der Waals surface area (Å²) in [6.07, 6.45) is 11.2. The molecule has 0 N–H and O–H groups in total. The average molecular weight is 416 g/mol. The molecule has 1 heterocycles. The fraction of sp³-hybridized carbons (Fsp3) is 0.600. The lowest BCUT2D eigenvalue weighted by atomic mass is 10.1. The second kappa shape index (κ2) is 13.1. The third-order valence-corrected chi connectivity index (χ3v) is 5.31. The summed E-state index contributed by atoms with van der Waals surface area (Å²) in [5.41, 5.74) is 0.538. The van der Waals surface area contributed by atoms with E-state index in [1.807, 2.05) is 24.3 Å². The maximum absolute atomic E-state index is 13.2. The van der Waals surface area contributed by atoms with Crippen LogP contribution in [0.15, 0.2) is 29.1 Å². The molecule has 0 aliphatic rings. The molecular weight excluding hydrogens is 378 g/mol. The number of nitrogens with zero attached hydrogens (tertiary/aromatic N) is 1. The SMILES string of the molecule is CCCCCCCCn1c(=O)c(OC(C)=O)c(OCCCCCC)c2ccccc21. The van der Waals surface area contributed by atoms with Crippen molar-refractivity contribution in [1.29, 1.82) is 0 Å². The number of aromatic nitrogens is 1. The molecule has 2 aromatic rings. The van der Waals surface area contributed by atoms with E-state index in [2.05, 4.69) is 13.8 Å². The molecule has 2 rings (SSSR count). The van der Waals surface area contributed by atoms with Crippen LogP contribution in [0.2, 0.25) is 0 Å². The Kier molecular flexibility index (Phi) is 10.5. The second-order valence-electron chi connectivity index (χ2n) is 7.90. The van der Waals surface area contributed by atoms with Gasteiger partial charge in [0.25, 0.3) is 5.56 Å². The van der Waals surface area contributed by atoms with E-state index in [1.165, 1.54) is 32.6 Å². The third-order valence-electron chi connectivity index (χ3n) is 5.31. The molecule has 0 unspecified atom stereocenters. The molecule has 0 aliphatic heterocycles. The highest BCUT2D eigenvalue weighted by atomic mass is 16.6. The number of para-hydroxylation sites is 1. The molecule has 0 atom stereocenters. The summed E-state index contributed by atoms with van der Waals surface area (Å²) in [6.45, 7) is 6.79. The Labute approximate surface area is 180 Å². The van der Waals surface area contributed by atoms with Gasteiger partial charge in [0.2, 0.25) is 5.75 Å². The number of carbonyl (C=O) groups is 1. The maximum Gasteiger partial charge on any atom is 0.308 e. The Morgan fingerprint density at radius 2 is 1.50 bits per heavy atom. The van der Waals surface area contributed by atoms with Crippen molar-refractivity contribution in [2.75, 3.05) is 6.61 Å². The van der Waals surface area contributed by atoms with Gasteiger partial charge in [-0.1, -0.05) is 77.3 Å². The Morgan fingerprint density at radius 1 is 0.867 bits per heavy atom. The number of ether oxygens (including phenoxy) is 2. The molecule has 0 fully saturated rings. The van der Waals surface area contributed by atoms with Crippen LogP contribution in [0, 0.1) is 0 Å². The Morgan fingerprint density at radius 3 is 2.20 bits per heavy atom. The molecule has 5 nitrogen and oxygen atoms in total. The van der Waals surface area contributed by atoms with Gasteiger partial charge in [0, 0.05) is 18.9 Å². The number of esters is 1. The van der Waals surface area contributed by atoms with E-state index in [0.29, 0.717) is 18.9 Å². The van der Waals surface area contributed by atoms with Crippen molar-refractivity contribution >= 4 is 16.9 Å². The van der Waals surface area contributed by atoms with Crippen LogP contribution >= 0.6 is 0 Å². The summed E-state index contributed by atoms with van der Waals surface area (Å²) in [4.78, 5) is 25.0. The van der Waals surface area contributed by atoms with Gasteiger partial charge in [-0.25, -0.2) is 0 Å². The zero-order valence-corrected chi connectivity index (χ0v) is 18.9. The minimum atomic E-state index is -0.510. The number of hydrogen-bond acceptors (Lipinski definition) is 4. The first-order valence-corrected chi connectivity index (χ1v) is 11.6. The molecule has 0 saturated carbocycles. The highest BCUT2D eigenvalue weighted by molar-refractivity contribution is 5.88. The van der Waals surface area contributed by atoms with Gasteiger partial charge in [-0.3, -0.25) is 9.59 Å². The van der Waals surface area contributed by atoms with Crippen LogP contribution in [-0.4, -0.2) is 17.1 Å². The average Bonchev–Trinajstić information content (AvgIpc) is 2.74. The Balaban J connectivity index is 2.30. The zero-order chi connectivity index (χ0) is 21.8. The van der Waals surface area contributed by atoms with Gasteiger partial charge < -0.3 is 14.0 Å². The van der Waals surface area contributed by atoms with E-state index in [0.717, 1.165) is 49.4 Å². The number of benzene rings is 1. The first-order chi connectivity index (χ1) is 14.6.